The van der Waals surface area contributed by atoms with Crippen LogP contribution in [-0.2, 0) is 19.4 Å². The van der Waals surface area contributed by atoms with E-state index >= 15 is 0 Å². The van der Waals surface area contributed by atoms with E-state index < -0.39 is 21.8 Å². The summed E-state index contributed by atoms with van der Waals surface area (Å²) in [5, 5.41) is 9.24. The average Bonchev–Trinajstić information content (AvgIpc) is 2.91. The molecule has 2 aliphatic rings. The Balaban J connectivity index is 1.96. The Morgan fingerprint density at radius 3 is 2.52 bits per heavy atom. The van der Waals surface area contributed by atoms with Gasteiger partial charge in [-0.3, -0.25) is 14.5 Å². The number of likely N-dealkylation sites (tertiary alicyclic amines) is 1. The summed E-state index contributed by atoms with van der Waals surface area (Å²) < 4.78 is 22.9. The number of carbonyl (C=O) groups is 2. The molecule has 0 aromatic rings. The zero-order valence-corrected chi connectivity index (χ0v) is 13.2. The van der Waals surface area contributed by atoms with E-state index in [1.807, 2.05) is 6.92 Å². The van der Waals surface area contributed by atoms with Gasteiger partial charge in [0.05, 0.1) is 18.1 Å². The van der Waals surface area contributed by atoms with Gasteiger partial charge >= 0.3 is 5.97 Å². The highest BCUT2D eigenvalue weighted by molar-refractivity contribution is 7.91. The van der Waals surface area contributed by atoms with Gasteiger partial charge in [0.2, 0.25) is 5.91 Å². The zero-order valence-electron chi connectivity index (χ0n) is 12.4. The largest absolute Gasteiger partial charge is 0.480 e. The van der Waals surface area contributed by atoms with E-state index in [0.29, 0.717) is 13.0 Å². The first-order valence-electron chi connectivity index (χ1n) is 7.14. The second-order valence-electron chi connectivity index (χ2n) is 6.08. The molecule has 7 nitrogen and oxygen atoms in total. The van der Waals surface area contributed by atoms with Crippen LogP contribution in [0, 0.1) is 5.92 Å². The first-order chi connectivity index (χ1) is 9.71. The van der Waals surface area contributed by atoms with Crippen LogP contribution in [0.1, 0.15) is 19.8 Å². The van der Waals surface area contributed by atoms with Crippen LogP contribution in [0.3, 0.4) is 0 Å². The lowest BCUT2D eigenvalue weighted by Gasteiger charge is -2.28. The van der Waals surface area contributed by atoms with Gasteiger partial charge in [0, 0.05) is 13.1 Å². The fourth-order valence-electron chi connectivity index (χ4n) is 3.17. The predicted octanol–water partition coefficient (Wildman–Crippen LogP) is -0.573. The first-order valence-corrected chi connectivity index (χ1v) is 8.96. The molecular weight excluding hydrogens is 296 g/mol. The fourth-order valence-corrected chi connectivity index (χ4v) is 4.95. The van der Waals surface area contributed by atoms with Gasteiger partial charge < -0.3 is 10.0 Å². The van der Waals surface area contributed by atoms with Crippen molar-refractivity contribution in [3.05, 3.63) is 0 Å². The highest BCUT2D eigenvalue weighted by atomic mass is 32.2. The molecule has 0 aliphatic carbocycles. The fraction of sp³-hybridized carbons (Fsp3) is 0.846. The van der Waals surface area contributed by atoms with E-state index in [9.17, 15) is 23.1 Å². The van der Waals surface area contributed by atoms with E-state index in [2.05, 4.69) is 0 Å². The molecule has 2 fully saturated rings. The van der Waals surface area contributed by atoms with Crippen LogP contribution >= 0.6 is 0 Å². The lowest BCUT2D eigenvalue weighted by atomic mass is 10.0. The summed E-state index contributed by atoms with van der Waals surface area (Å²) in [6.07, 6.45) is 1.22. The summed E-state index contributed by atoms with van der Waals surface area (Å²) in [6, 6.07) is -0.916. The Kier molecular flexibility index (Phi) is 4.57. The number of likely N-dealkylation sites (N-methyl/N-ethyl adjacent to an activating group) is 1. The van der Waals surface area contributed by atoms with Crippen LogP contribution < -0.4 is 0 Å². The Morgan fingerprint density at radius 2 is 2.00 bits per heavy atom. The van der Waals surface area contributed by atoms with Crippen molar-refractivity contribution in [2.45, 2.75) is 31.8 Å². The van der Waals surface area contributed by atoms with E-state index in [0.717, 1.165) is 6.42 Å². The number of rotatable bonds is 4. The second kappa shape index (κ2) is 5.92. The molecule has 2 aliphatic heterocycles. The van der Waals surface area contributed by atoms with Crippen molar-refractivity contribution in [1.82, 2.24) is 9.80 Å². The minimum atomic E-state index is -3.04. The molecule has 0 saturated carbocycles. The molecule has 0 aromatic heterocycles. The van der Waals surface area contributed by atoms with E-state index in [-0.39, 0.29) is 35.9 Å². The van der Waals surface area contributed by atoms with Crippen LogP contribution in [0.15, 0.2) is 0 Å². The Bertz CT molecular complexity index is 533. The van der Waals surface area contributed by atoms with Crippen molar-refractivity contribution < 1.29 is 23.1 Å². The van der Waals surface area contributed by atoms with E-state index in [4.69, 9.17) is 0 Å². The monoisotopic (exact) mass is 318 g/mol. The summed E-state index contributed by atoms with van der Waals surface area (Å²) in [6.45, 7) is 2.49. The number of carboxylic acids is 1. The number of nitrogens with zero attached hydrogens (tertiary/aromatic N) is 2. The molecule has 2 rings (SSSR count). The van der Waals surface area contributed by atoms with Gasteiger partial charge in [0.25, 0.3) is 0 Å². The number of amides is 1. The van der Waals surface area contributed by atoms with E-state index in [1.165, 1.54) is 4.90 Å². The molecule has 0 spiro atoms. The first kappa shape index (κ1) is 16.2. The van der Waals surface area contributed by atoms with Crippen LogP contribution in [0.2, 0.25) is 0 Å². The molecule has 120 valence electrons. The highest BCUT2D eigenvalue weighted by Crippen LogP contribution is 2.24. The Morgan fingerprint density at radius 1 is 1.33 bits per heavy atom. The standard InChI is InChI=1S/C13H22N2O5S/c1-9-3-5-15(12(9)13(17)18)7-11(16)14(2)10-4-6-21(19,20)8-10/h9-10,12H,3-8H2,1-2H3,(H,17,18). The third-order valence-corrected chi connectivity index (χ3v) is 6.30. The molecule has 3 unspecified atom stereocenters. The molecule has 0 aromatic carbocycles. The van der Waals surface area contributed by atoms with Gasteiger partial charge in [-0.15, -0.1) is 0 Å². The maximum Gasteiger partial charge on any atom is 0.321 e. The topological polar surface area (TPSA) is 95.0 Å². The van der Waals surface area contributed by atoms with Gasteiger partial charge in [0.1, 0.15) is 6.04 Å². The minimum absolute atomic E-state index is 0.00794. The summed E-state index contributed by atoms with van der Waals surface area (Å²) in [4.78, 5) is 26.7. The summed E-state index contributed by atoms with van der Waals surface area (Å²) >= 11 is 0. The number of carbonyl (C=O) groups excluding carboxylic acids is 1. The van der Waals surface area contributed by atoms with Crippen molar-refractivity contribution in [3.63, 3.8) is 0 Å². The van der Waals surface area contributed by atoms with Crippen LogP contribution in [0.5, 0.6) is 0 Å². The quantitative estimate of drug-likeness (QED) is 0.746. The van der Waals surface area contributed by atoms with Gasteiger partial charge in [-0.2, -0.15) is 0 Å². The normalized spacial score (nSPS) is 32.2. The summed E-state index contributed by atoms with van der Waals surface area (Å²) in [7, 11) is -1.44. The van der Waals surface area contributed by atoms with Gasteiger partial charge in [-0.05, 0) is 25.3 Å². The predicted molar refractivity (Wildman–Crippen MR) is 76.6 cm³/mol. The van der Waals surface area contributed by atoms with Crippen molar-refractivity contribution in [1.29, 1.82) is 0 Å². The van der Waals surface area contributed by atoms with Crippen LogP contribution in [-0.4, -0.2) is 78.9 Å². The highest BCUT2D eigenvalue weighted by Gasteiger charge is 2.39. The SMILES string of the molecule is CC1CCN(CC(=O)N(C)C2CCS(=O)(=O)C2)C1C(=O)O. The molecule has 1 amide bonds. The molecule has 3 atom stereocenters. The maximum absolute atomic E-state index is 12.3. The third kappa shape index (κ3) is 3.55. The average molecular weight is 318 g/mol. The summed E-state index contributed by atoms with van der Waals surface area (Å²) in [5.41, 5.74) is 0. The number of sulfone groups is 1. The van der Waals surface area contributed by atoms with Crippen molar-refractivity contribution in [2.75, 3.05) is 31.6 Å². The molecule has 0 radical (unpaired) electrons. The minimum Gasteiger partial charge on any atom is -0.480 e. The molecule has 1 N–H and O–H groups in total. The number of hydrogen-bond donors (Lipinski definition) is 1. The van der Waals surface area contributed by atoms with Crippen molar-refractivity contribution in [3.8, 4) is 0 Å². The molecular formula is C13H22N2O5S. The number of hydrogen-bond acceptors (Lipinski definition) is 5. The lowest BCUT2D eigenvalue weighted by molar-refractivity contribution is -0.144. The van der Waals surface area contributed by atoms with Crippen molar-refractivity contribution >= 4 is 21.7 Å². The maximum atomic E-state index is 12.3. The Labute approximate surface area is 124 Å². The van der Waals surface area contributed by atoms with Gasteiger partial charge in [-0.25, -0.2) is 8.42 Å². The lowest BCUT2D eigenvalue weighted by Crippen LogP contribution is -2.47. The third-order valence-electron chi connectivity index (χ3n) is 4.54. The second-order valence-corrected chi connectivity index (χ2v) is 8.31. The molecule has 8 heteroatoms. The van der Waals surface area contributed by atoms with Crippen LogP contribution in [0.4, 0.5) is 0 Å². The Hall–Kier alpha value is -1.15. The van der Waals surface area contributed by atoms with Crippen LogP contribution in [0.25, 0.3) is 0 Å². The van der Waals surface area contributed by atoms with Gasteiger partial charge in [-0.1, -0.05) is 6.92 Å². The number of aliphatic carboxylic acids is 1. The van der Waals surface area contributed by atoms with E-state index in [1.54, 1.807) is 11.9 Å². The molecule has 0 bridgehead atoms. The van der Waals surface area contributed by atoms with Gasteiger partial charge in [0.15, 0.2) is 9.84 Å². The molecule has 2 saturated heterocycles. The molecule has 21 heavy (non-hydrogen) atoms. The smallest absolute Gasteiger partial charge is 0.321 e. The van der Waals surface area contributed by atoms with Crippen molar-refractivity contribution in [2.24, 2.45) is 5.92 Å². The number of carboxylic acid groups (broad SMARTS) is 1. The zero-order chi connectivity index (χ0) is 15.8. The molecule has 2 heterocycles. The summed E-state index contributed by atoms with van der Waals surface area (Å²) in [5.74, 6) is -0.967.